The van der Waals surface area contributed by atoms with E-state index in [1.54, 1.807) is 18.3 Å². The van der Waals surface area contributed by atoms with Crippen LogP contribution in [-0.4, -0.2) is 27.2 Å². The Morgan fingerprint density at radius 1 is 1.19 bits per heavy atom. The highest BCUT2D eigenvalue weighted by atomic mass is 16.3. The van der Waals surface area contributed by atoms with Crippen LogP contribution >= 0.6 is 0 Å². The summed E-state index contributed by atoms with van der Waals surface area (Å²) >= 11 is 0. The number of nitrogens with zero attached hydrogens (tertiary/aromatic N) is 1. The van der Waals surface area contributed by atoms with Gasteiger partial charge in [0, 0.05) is 11.6 Å². The van der Waals surface area contributed by atoms with Gasteiger partial charge in [0.15, 0.2) is 0 Å². The van der Waals surface area contributed by atoms with Crippen LogP contribution in [0.25, 0.3) is 10.9 Å². The maximum Gasteiger partial charge on any atom is 0.255 e. The van der Waals surface area contributed by atoms with E-state index in [0.717, 1.165) is 22.0 Å². The van der Waals surface area contributed by atoms with E-state index in [4.69, 9.17) is 0 Å². The summed E-state index contributed by atoms with van der Waals surface area (Å²) in [5.74, 6) is -0.225. The third-order valence-electron chi connectivity index (χ3n) is 5.28. The second-order valence-electron chi connectivity index (χ2n) is 7.32. The fourth-order valence-corrected chi connectivity index (χ4v) is 3.68. The molecule has 3 N–H and O–H groups in total. The Morgan fingerprint density at radius 3 is 2.74 bits per heavy atom. The lowest BCUT2D eigenvalue weighted by atomic mass is 9.75. The topological polar surface area (TPSA) is 82.5 Å². The highest BCUT2D eigenvalue weighted by Crippen LogP contribution is 2.39. The highest BCUT2D eigenvalue weighted by Gasteiger charge is 2.36. The Kier molecular flexibility index (Phi) is 4.54. The Hall–Kier alpha value is -2.92. The van der Waals surface area contributed by atoms with Gasteiger partial charge in [0.25, 0.3) is 5.91 Å². The number of aliphatic hydroxyl groups is 1. The number of aryl methyl sites for hydroxylation is 1. The van der Waals surface area contributed by atoms with Crippen LogP contribution in [0.3, 0.4) is 0 Å². The minimum Gasteiger partial charge on any atom is -0.507 e. The lowest BCUT2D eigenvalue weighted by Gasteiger charge is -2.38. The molecule has 2 aromatic carbocycles. The van der Waals surface area contributed by atoms with Crippen molar-refractivity contribution in [3.8, 4) is 5.75 Å². The third-order valence-corrected chi connectivity index (χ3v) is 5.28. The number of aromatic hydroxyl groups is 1. The lowest BCUT2D eigenvalue weighted by molar-refractivity contribution is 0.0234. The van der Waals surface area contributed by atoms with Gasteiger partial charge >= 0.3 is 0 Å². The molecule has 138 valence electrons. The SMILES string of the molecule is Cc1ccc(O)c(C(=O)NC(c2cnc3ccccc3c2)C2CC(O)C2)c1. The van der Waals surface area contributed by atoms with Gasteiger partial charge in [-0.1, -0.05) is 29.8 Å². The van der Waals surface area contributed by atoms with E-state index in [1.807, 2.05) is 37.3 Å². The summed E-state index contributed by atoms with van der Waals surface area (Å²) in [6.45, 7) is 1.88. The normalized spacial score (nSPS) is 20.1. The Morgan fingerprint density at radius 2 is 1.96 bits per heavy atom. The molecule has 4 rings (SSSR count). The molecule has 0 spiro atoms. The number of para-hydroxylation sites is 1. The fourth-order valence-electron chi connectivity index (χ4n) is 3.68. The van der Waals surface area contributed by atoms with E-state index in [-0.39, 0.29) is 35.3 Å². The summed E-state index contributed by atoms with van der Waals surface area (Å²) in [5, 5.41) is 23.9. The van der Waals surface area contributed by atoms with Gasteiger partial charge < -0.3 is 15.5 Å². The number of pyridine rings is 1. The second-order valence-corrected chi connectivity index (χ2v) is 7.32. The first kappa shape index (κ1) is 17.5. The van der Waals surface area contributed by atoms with Gasteiger partial charge in [-0.2, -0.15) is 0 Å². The Bertz CT molecular complexity index is 996. The van der Waals surface area contributed by atoms with Crippen LogP contribution in [-0.2, 0) is 0 Å². The Balaban J connectivity index is 1.66. The van der Waals surface area contributed by atoms with E-state index in [1.165, 1.54) is 6.07 Å². The maximum atomic E-state index is 12.8. The zero-order chi connectivity index (χ0) is 19.0. The number of aliphatic hydroxyl groups excluding tert-OH is 1. The molecule has 1 aliphatic carbocycles. The van der Waals surface area contributed by atoms with Crippen molar-refractivity contribution in [3.05, 3.63) is 71.4 Å². The van der Waals surface area contributed by atoms with Crippen LogP contribution in [0, 0.1) is 12.8 Å². The van der Waals surface area contributed by atoms with E-state index in [0.29, 0.717) is 12.8 Å². The van der Waals surface area contributed by atoms with Crippen LogP contribution in [0.5, 0.6) is 5.75 Å². The summed E-state index contributed by atoms with van der Waals surface area (Å²) < 4.78 is 0. The van der Waals surface area contributed by atoms with Crippen LogP contribution in [0.4, 0.5) is 0 Å². The number of carbonyl (C=O) groups is 1. The van der Waals surface area contributed by atoms with Crippen LogP contribution < -0.4 is 5.32 Å². The lowest BCUT2D eigenvalue weighted by Crippen LogP contribution is -2.41. The number of aromatic nitrogens is 1. The Labute approximate surface area is 157 Å². The molecular formula is C22H22N2O3. The molecule has 0 bridgehead atoms. The molecule has 1 unspecified atom stereocenters. The number of phenolic OH excluding ortho intramolecular Hbond substituents is 1. The van der Waals surface area contributed by atoms with Crippen molar-refractivity contribution in [1.82, 2.24) is 10.3 Å². The molecule has 0 aliphatic heterocycles. The number of hydrogen-bond donors (Lipinski definition) is 3. The van der Waals surface area contributed by atoms with Crippen molar-refractivity contribution in [2.75, 3.05) is 0 Å². The molecule has 3 aromatic rings. The second kappa shape index (κ2) is 7.00. The molecule has 1 atom stereocenters. The first-order valence-corrected chi connectivity index (χ1v) is 9.14. The van der Waals surface area contributed by atoms with E-state index < -0.39 is 0 Å². The molecule has 1 saturated carbocycles. The van der Waals surface area contributed by atoms with Gasteiger partial charge in [-0.3, -0.25) is 9.78 Å². The van der Waals surface area contributed by atoms with Crippen molar-refractivity contribution in [1.29, 1.82) is 0 Å². The van der Waals surface area contributed by atoms with Crippen LogP contribution in [0.15, 0.2) is 54.7 Å². The molecule has 1 amide bonds. The number of carbonyl (C=O) groups excluding carboxylic acids is 1. The molecule has 5 nitrogen and oxygen atoms in total. The average Bonchev–Trinajstić information content (AvgIpc) is 2.65. The van der Waals surface area contributed by atoms with Gasteiger partial charge in [-0.05, 0) is 55.5 Å². The summed E-state index contributed by atoms with van der Waals surface area (Å²) in [4.78, 5) is 17.3. The number of fused-ring (bicyclic) bond motifs is 1. The van der Waals surface area contributed by atoms with E-state index in [9.17, 15) is 15.0 Å². The molecular weight excluding hydrogens is 340 g/mol. The fraction of sp³-hybridized carbons (Fsp3) is 0.273. The zero-order valence-corrected chi connectivity index (χ0v) is 15.1. The quantitative estimate of drug-likeness (QED) is 0.663. The predicted octanol–water partition coefficient (Wildman–Crippen LogP) is 3.49. The number of rotatable bonds is 4. The first-order valence-electron chi connectivity index (χ1n) is 9.14. The standard InChI is InChI=1S/C22H22N2O3/c1-13-6-7-20(26)18(8-13)22(27)24-21(15-10-17(25)11-15)16-9-14-4-2-3-5-19(14)23-12-16/h2-9,12,15,17,21,25-26H,10-11H2,1H3,(H,24,27). The largest absolute Gasteiger partial charge is 0.507 e. The predicted molar refractivity (Wildman–Crippen MR) is 104 cm³/mol. The van der Waals surface area contributed by atoms with Gasteiger partial charge in [-0.15, -0.1) is 0 Å². The molecule has 1 heterocycles. The van der Waals surface area contributed by atoms with Gasteiger partial charge in [0.2, 0.25) is 0 Å². The van der Waals surface area contributed by atoms with Crippen molar-refractivity contribution < 1.29 is 15.0 Å². The van der Waals surface area contributed by atoms with Crippen molar-refractivity contribution >= 4 is 16.8 Å². The minimum absolute atomic E-state index is 0.0397. The zero-order valence-electron chi connectivity index (χ0n) is 15.1. The van der Waals surface area contributed by atoms with Crippen LogP contribution in [0.1, 0.15) is 40.4 Å². The number of hydrogen-bond acceptors (Lipinski definition) is 4. The van der Waals surface area contributed by atoms with E-state index >= 15 is 0 Å². The molecule has 27 heavy (non-hydrogen) atoms. The molecule has 1 aromatic heterocycles. The third kappa shape index (κ3) is 3.51. The smallest absolute Gasteiger partial charge is 0.255 e. The monoisotopic (exact) mass is 362 g/mol. The summed E-state index contributed by atoms with van der Waals surface area (Å²) in [6.07, 6.45) is 2.73. The van der Waals surface area contributed by atoms with Crippen molar-refractivity contribution in [2.24, 2.45) is 5.92 Å². The van der Waals surface area contributed by atoms with Gasteiger partial charge in [0.05, 0.1) is 23.2 Å². The summed E-state index contributed by atoms with van der Waals surface area (Å²) in [6, 6.07) is 14.6. The summed E-state index contributed by atoms with van der Waals surface area (Å²) in [7, 11) is 0. The highest BCUT2D eigenvalue weighted by molar-refractivity contribution is 5.97. The number of amides is 1. The van der Waals surface area contributed by atoms with Gasteiger partial charge in [0.1, 0.15) is 5.75 Å². The number of nitrogens with one attached hydrogen (secondary N) is 1. The van der Waals surface area contributed by atoms with E-state index in [2.05, 4.69) is 10.3 Å². The van der Waals surface area contributed by atoms with Gasteiger partial charge in [-0.25, -0.2) is 0 Å². The first-order chi connectivity index (χ1) is 13.0. The molecule has 0 saturated heterocycles. The maximum absolute atomic E-state index is 12.8. The molecule has 1 fully saturated rings. The van der Waals surface area contributed by atoms with Crippen LogP contribution in [0.2, 0.25) is 0 Å². The number of benzene rings is 2. The van der Waals surface area contributed by atoms with Crippen molar-refractivity contribution in [2.45, 2.75) is 31.9 Å². The van der Waals surface area contributed by atoms with Crippen molar-refractivity contribution in [3.63, 3.8) is 0 Å². The summed E-state index contributed by atoms with van der Waals surface area (Å²) in [5.41, 5.74) is 2.97. The molecule has 5 heteroatoms. The average molecular weight is 362 g/mol. The molecule has 0 radical (unpaired) electrons. The minimum atomic E-state index is -0.324. The molecule has 1 aliphatic rings. The number of phenols is 1.